The Morgan fingerprint density at radius 3 is 3.25 bits per heavy atom. The number of methoxy groups -OCH3 is 1. The van der Waals surface area contributed by atoms with Crippen molar-refractivity contribution in [2.24, 2.45) is 0 Å². The van der Waals surface area contributed by atoms with E-state index in [1.807, 2.05) is 11.6 Å². The zero-order chi connectivity index (χ0) is 11.4. The van der Waals surface area contributed by atoms with Gasteiger partial charge in [-0.1, -0.05) is 0 Å². The standard InChI is InChI=1S/C11H19N3OS/c1-8(11-12-3-4-16-11)13-6-9-5-10(15-2)7-14-9/h3-4,8-10,13-14H,5-7H2,1-2H3. The lowest BCUT2D eigenvalue weighted by molar-refractivity contribution is 0.117. The Kier molecular flexibility index (Phi) is 4.29. The lowest BCUT2D eigenvalue weighted by Gasteiger charge is -2.15. The summed E-state index contributed by atoms with van der Waals surface area (Å²) in [6.45, 7) is 4.09. The molecule has 90 valence electrons. The molecule has 2 rings (SSSR count). The number of hydrogen-bond acceptors (Lipinski definition) is 5. The highest BCUT2D eigenvalue weighted by Gasteiger charge is 2.23. The Bertz CT molecular complexity index is 304. The van der Waals surface area contributed by atoms with Crippen molar-refractivity contribution in [3.05, 3.63) is 16.6 Å². The summed E-state index contributed by atoms with van der Waals surface area (Å²) >= 11 is 1.70. The summed E-state index contributed by atoms with van der Waals surface area (Å²) in [4.78, 5) is 4.30. The predicted octanol–water partition coefficient (Wildman–Crippen LogP) is 1.17. The van der Waals surface area contributed by atoms with Gasteiger partial charge in [-0.05, 0) is 13.3 Å². The minimum Gasteiger partial charge on any atom is -0.380 e. The van der Waals surface area contributed by atoms with E-state index >= 15 is 0 Å². The first-order valence-electron chi connectivity index (χ1n) is 5.68. The van der Waals surface area contributed by atoms with Crippen molar-refractivity contribution in [2.45, 2.75) is 31.5 Å². The second-order valence-electron chi connectivity index (χ2n) is 4.20. The van der Waals surface area contributed by atoms with Crippen LogP contribution in [0.2, 0.25) is 0 Å². The smallest absolute Gasteiger partial charge is 0.109 e. The topological polar surface area (TPSA) is 46.2 Å². The van der Waals surface area contributed by atoms with Gasteiger partial charge in [-0.3, -0.25) is 0 Å². The summed E-state index contributed by atoms with van der Waals surface area (Å²) in [6.07, 6.45) is 3.32. The average molecular weight is 241 g/mol. The predicted molar refractivity (Wildman–Crippen MR) is 65.7 cm³/mol. The number of thiazole rings is 1. The lowest BCUT2D eigenvalue weighted by Crippen LogP contribution is -2.35. The maximum Gasteiger partial charge on any atom is 0.109 e. The molecule has 0 radical (unpaired) electrons. The van der Waals surface area contributed by atoms with Gasteiger partial charge in [-0.2, -0.15) is 0 Å². The molecule has 3 atom stereocenters. The van der Waals surface area contributed by atoms with E-state index in [2.05, 4.69) is 22.5 Å². The minimum atomic E-state index is 0.336. The fourth-order valence-electron chi connectivity index (χ4n) is 1.97. The summed E-state index contributed by atoms with van der Waals surface area (Å²) in [5, 5.41) is 10.1. The van der Waals surface area contributed by atoms with E-state index in [0.29, 0.717) is 18.2 Å². The van der Waals surface area contributed by atoms with Gasteiger partial charge in [-0.15, -0.1) is 11.3 Å². The van der Waals surface area contributed by atoms with Crippen molar-refractivity contribution in [1.29, 1.82) is 0 Å². The van der Waals surface area contributed by atoms with Gasteiger partial charge in [0, 0.05) is 37.8 Å². The van der Waals surface area contributed by atoms with Crippen molar-refractivity contribution in [1.82, 2.24) is 15.6 Å². The van der Waals surface area contributed by atoms with Gasteiger partial charge in [0.1, 0.15) is 5.01 Å². The lowest BCUT2D eigenvalue weighted by atomic mass is 10.2. The Labute approximate surface area is 100 Å². The molecule has 5 heteroatoms. The zero-order valence-corrected chi connectivity index (χ0v) is 10.6. The molecule has 2 N–H and O–H groups in total. The van der Waals surface area contributed by atoms with Crippen LogP contribution in [-0.4, -0.2) is 37.3 Å². The van der Waals surface area contributed by atoms with Crippen LogP contribution < -0.4 is 10.6 Å². The van der Waals surface area contributed by atoms with Gasteiger partial charge in [0.2, 0.25) is 0 Å². The highest BCUT2D eigenvalue weighted by atomic mass is 32.1. The van der Waals surface area contributed by atoms with Gasteiger partial charge < -0.3 is 15.4 Å². The molecule has 2 heterocycles. The third-order valence-corrected chi connectivity index (χ3v) is 3.97. The molecular formula is C11H19N3OS. The molecule has 0 amide bonds. The molecule has 1 aromatic rings. The van der Waals surface area contributed by atoms with Crippen LogP contribution in [0.3, 0.4) is 0 Å². The molecule has 1 fully saturated rings. The van der Waals surface area contributed by atoms with E-state index in [-0.39, 0.29) is 0 Å². The highest BCUT2D eigenvalue weighted by Crippen LogP contribution is 2.15. The summed E-state index contributed by atoms with van der Waals surface area (Å²) < 4.78 is 5.32. The second kappa shape index (κ2) is 5.72. The fourth-order valence-corrected chi connectivity index (χ4v) is 2.64. The van der Waals surface area contributed by atoms with E-state index in [9.17, 15) is 0 Å². The van der Waals surface area contributed by atoms with Crippen molar-refractivity contribution in [2.75, 3.05) is 20.2 Å². The van der Waals surface area contributed by atoms with Crippen LogP contribution in [0, 0.1) is 0 Å². The first-order chi connectivity index (χ1) is 7.79. The van der Waals surface area contributed by atoms with Crippen molar-refractivity contribution < 1.29 is 4.74 Å². The molecule has 16 heavy (non-hydrogen) atoms. The molecule has 1 aliphatic heterocycles. The van der Waals surface area contributed by atoms with E-state index in [1.54, 1.807) is 18.4 Å². The van der Waals surface area contributed by atoms with E-state index in [4.69, 9.17) is 4.74 Å². The zero-order valence-electron chi connectivity index (χ0n) is 9.77. The number of rotatable bonds is 5. The summed E-state index contributed by atoms with van der Waals surface area (Å²) in [5.74, 6) is 0. The Balaban J connectivity index is 1.72. The van der Waals surface area contributed by atoms with Gasteiger partial charge in [0.25, 0.3) is 0 Å². The third-order valence-electron chi connectivity index (χ3n) is 3.01. The highest BCUT2D eigenvalue weighted by molar-refractivity contribution is 7.09. The molecule has 1 aromatic heterocycles. The number of aromatic nitrogens is 1. The minimum absolute atomic E-state index is 0.336. The fraction of sp³-hybridized carbons (Fsp3) is 0.727. The quantitative estimate of drug-likeness (QED) is 0.812. The number of nitrogens with one attached hydrogen (secondary N) is 2. The van der Waals surface area contributed by atoms with E-state index in [1.165, 1.54) is 0 Å². The van der Waals surface area contributed by atoms with Gasteiger partial charge in [-0.25, -0.2) is 4.98 Å². The van der Waals surface area contributed by atoms with Crippen LogP contribution in [0.1, 0.15) is 24.4 Å². The van der Waals surface area contributed by atoms with E-state index in [0.717, 1.165) is 24.5 Å². The molecule has 0 aliphatic carbocycles. The largest absolute Gasteiger partial charge is 0.380 e. The van der Waals surface area contributed by atoms with Crippen LogP contribution in [-0.2, 0) is 4.74 Å². The van der Waals surface area contributed by atoms with E-state index < -0.39 is 0 Å². The first kappa shape index (κ1) is 12.0. The third kappa shape index (κ3) is 3.01. The Morgan fingerprint density at radius 2 is 2.62 bits per heavy atom. The monoisotopic (exact) mass is 241 g/mol. The first-order valence-corrected chi connectivity index (χ1v) is 6.56. The van der Waals surface area contributed by atoms with Crippen molar-refractivity contribution in [3.8, 4) is 0 Å². The summed E-state index contributed by atoms with van der Waals surface area (Å²) in [7, 11) is 1.78. The van der Waals surface area contributed by atoms with Crippen LogP contribution in [0.4, 0.5) is 0 Å². The molecule has 1 saturated heterocycles. The molecule has 4 nitrogen and oxygen atoms in total. The van der Waals surface area contributed by atoms with Gasteiger partial charge in [0.15, 0.2) is 0 Å². The molecule has 0 aromatic carbocycles. The second-order valence-corrected chi connectivity index (χ2v) is 5.13. The maximum atomic E-state index is 5.32. The molecule has 0 saturated carbocycles. The van der Waals surface area contributed by atoms with Crippen LogP contribution in [0.5, 0.6) is 0 Å². The van der Waals surface area contributed by atoms with Crippen molar-refractivity contribution >= 4 is 11.3 Å². The van der Waals surface area contributed by atoms with Gasteiger partial charge in [0.05, 0.1) is 12.1 Å². The van der Waals surface area contributed by atoms with Gasteiger partial charge >= 0.3 is 0 Å². The molecule has 0 bridgehead atoms. The average Bonchev–Trinajstić information content (AvgIpc) is 2.96. The summed E-state index contributed by atoms with van der Waals surface area (Å²) in [6, 6.07) is 0.857. The SMILES string of the molecule is COC1CNC(CNC(C)c2nccs2)C1. The number of hydrogen-bond donors (Lipinski definition) is 2. The van der Waals surface area contributed by atoms with Crippen molar-refractivity contribution in [3.63, 3.8) is 0 Å². The molecular weight excluding hydrogens is 222 g/mol. The van der Waals surface area contributed by atoms with Crippen LogP contribution in [0.15, 0.2) is 11.6 Å². The van der Waals surface area contributed by atoms with Crippen LogP contribution in [0.25, 0.3) is 0 Å². The normalized spacial score (nSPS) is 27.1. The Hall–Kier alpha value is -0.490. The van der Waals surface area contributed by atoms with Crippen LogP contribution >= 0.6 is 11.3 Å². The molecule has 3 unspecified atom stereocenters. The number of ether oxygens (including phenoxy) is 1. The Morgan fingerprint density at radius 1 is 1.75 bits per heavy atom. The number of nitrogens with zero attached hydrogens (tertiary/aromatic N) is 1. The maximum absolute atomic E-state index is 5.32. The summed E-state index contributed by atoms with van der Waals surface area (Å²) in [5.41, 5.74) is 0. The molecule has 1 aliphatic rings. The molecule has 0 spiro atoms.